The number of halogens is 1. The minimum absolute atomic E-state index is 0.221. The summed E-state index contributed by atoms with van der Waals surface area (Å²) in [7, 11) is 0. The van der Waals surface area contributed by atoms with Gasteiger partial charge in [0.2, 0.25) is 0 Å². The molecular weight excluding hydrogens is 136 g/mol. The van der Waals surface area contributed by atoms with E-state index in [4.69, 9.17) is 16.3 Å². The molecule has 0 fully saturated rings. The molecule has 0 aromatic rings. The first kappa shape index (κ1) is 9.25. The van der Waals surface area contributed by atoms with Crippen LogP contribution in [0.4, 0.5) is 0 Å². The topological polar surface area (TPSA) is 9.23 Å². The van der Waals surface area contributed by atoms with Crippen LogP contribution < -0.4 is 0 Å². The number of hydrogen-bond acceptors (Lipinski definition) is 1. The second-order valence-corrected chi connectivity index (χ2v) is 2.50. The molecule has 0 aromatic heterocycles. The standard InChI is InChI=1S/C7H15ClO/c1-3-4-5-9-7(2)6-8/h7H,3-6H2,1-2H3. The molecule has 1 unspecified atom stereocenters. The first-order valence-corrected chi connectivity index (χ1v) is 4.02. The highest BCUT2D eigenvalue weighted by Crippen LogP contribution is 1.96. The molecule has 0 aliphatic rings. The predicted octanol–water partition coefficient (Wildman–Crippen LogP) is 2.43. The molecule has 0 spiro atoms. The lowest BCUT2D eigenvalue weighted by atomic mass is 10.3. The smallest absolute Gasteiger partial charge is 0.0682 e. The molecule has 0 saturated carbocycles. The summed E-state index contributed by atoms with van der Waals surface area (Å²) < 4.78 is 5.30. The van der Waals surface area contributed by atoms with Crippen molar-refractivity contribution in [2.45, 2.75) is 32.8 Å². The van der Waals surface area contributed by atoms with Crippen LogP contribution in [0.15, 0.2) is 0 Å². The van der Waals surface area contributed by atoms with E-state index in [1.807, 2.05) is 6.92 Å². The highest BCUT2D eigenvalue weighted by Gasteiger charge is 1.96. The number of rotatable bonds is 5. The van der Waals surface area contributed by atoms with Crippen molar-refractivity contribution < 1.29 is 4.74 Å². The predicted molar refractivity (Wildman–Crippen MR) is 41.0 cm³/mol. The molecule has 0 heterocycles. The van der Waals surface area contributed by atoms with E-state index < -0.39 is 0 Å². The molecule has 0 radical (unpaired) electrons. The first-order valence-electron chi connectivity index (χ1n) is 3.48. The first-order chi connectivity index (χ1) is 4.31. The molecule has 0 amide bonds. The summed E-state index contributed by atoms with van der Waals surface area (Å²) in [5.41, 5.74) is 0. The molecule has 1 atom stereocenters. The van der Waals surface area contributed by atoms with E-state index in [0.29, 0.717) is 5.88 Å². The Morgan fingerprint density at radius 1 is 1.56 bits per heavy atom. The Morgan fingerprint density at radius 3 is 2.67 bits per heavy atom. The third-order valence-corrected chi connectivity index (χ3v) is 1.55. The van der Waals surface area contributed by atoms with Crippen molar-refractivity contribution in [2.24, 2.45) is 0 Å². The molecule has 0 aromatic carbocycles. The summed E-state index contributed by atoms with van der Waals surface area (Å²) in [6, 6.07) is 0. The van der Waals surface area contributed by atoms with Crippen LogP contribution in [0.1, 0.15) is 26.7 Å². The normalized spacial score (nSPS) is 13.7. The Morgan fingerprint density at radius 2 is 2.22 bits per heavy atom. The zero-order valence-electron chi connectivity index (χ0n) is 6.19. The number of hydrogen-bond donors (Lipinski definition) is 0. The lowest BCUT2D eigenvalue weighted by Crippen LogP contribution is -2.10. The highest BCUT2D eigenvalue weighted by atomic mass is 35.5. The lowest BCUT2D eigenvalue weighted by Gasteiger charge is -2.07. The van der Waals surface area contributed by atoms with E-state index >= 15 is 0 Å². The van der Waals surface area contributed by atoms with Crippen molar-refractivity contribution in [1.82, 2.24) is 0 Å². The van der Waals surface area contributed by atoms with Gasteiger partial charge in [-0.05, 0) is 13.3 Å². The Labute approximate surface area is 62.3 Å². The third-order valence-electron chi connectivity index (χ3n) is 1.12. The molecule has 2 heteroatoms. The van der Waals surface area contributed by atoms with Crippen molar-refractivity contribution >= 4 is 11.6 Å². The van der Waals surface area contributed by atoms with Crippen LogP contribution in [0.3, 0.4) is 0 Å². The molecule has 1 nitrogen and oxygen atoms in total. The average Bonchev–Trinajstić information content (AvgIpc) is 1.89. The molecule has 0 rings (SSSR count). The van der Waals surface area contributed by atoms with E-state index in [1.165, 1.54) is 6.42 Å². The van der Waals surface area contributed by atoms with E-state index in [1.54, 1.807) is 0 Å². The maximum Gasteiger partial charge on any atom is 0.0682 e. The van der Waals surface area contributed by atoms with Gasteiger partial charge in [-0.3, -0.25) is 0 Å². The van der Waals surface area contributed by atoms with Gasteiger partial charge in [-0.15, -0.1) is 11.6 Å². The van der Waals surface area contributed by atoms with E-state index in [0.717, 1.165) is 13.0 Å². The molecule has 0 saturated heterocycles. The van der Waals surface area contributed by atoms with E-state index in [2.05, 4.69) is 6.92 Å². The molecular formula is C7H15ClO. The highest BCUT2D eigenvalue weighted by molar-refractivity contribution is 6.18. The van der Waals surface area contributed by atoms with Crippen LogP contribution in [-0.2, 0) is 4.74 Å². The summed E-state index contributed by atoms with van der Waals surface area (Å²) in [4.78, 5) is 0. The minimum Gasteiger partial charge on any atom is -0.377 e. The minimum atomic E-state index is 0.221. The van der Waals surface area contributed by atoms with Crippen molar-refractivity contribution in [1.29, 1.82) is 0 Å². The fourth-order valence-corrected chi connectivity index (χ4v) is 0.562. The summed E-state index contributed by atoms with van der Waals surface area (Å²) in [5, 5.41) is 0. The second kappa shape index (κ2) is 6.37. The number of ether oxygens (including phenoxy) is 1. The maximum absolute atomic E-state index is 5.51. The molecule has 0 aliphatic heterocycles. The Bertz CT molecular complexity index is 56.9. The lowest BCUT2D eigenvalue weighted by molar-refractivity contribution is 0.0789. The van der Waals surface area contributed by atoms with Gasteiger partial charge in [0.05, 0.1) is 6.10 Å². The fourth-order valence-electron chi connectivity index (χ4n) is 0.473. The number of unbranched alkanes of at least 4 members (excludes halogenated alkanes) is 1. The summed E-state index contributed by atoms with van der Waals surface area (Å²) >= 11 is 5.51. The fraction of sp³-hybridized carbons (Fsp3) is 1.00. The van der Waals surface area contributed by atoms with E-state index in [9.17, 15) is 0 Å². The van der Waals surface area contributed by atoms with E-state index in [-0.39, 0.29) is 6.10 Å². The maximum atomic E-state index is 5.51. The summed E-state index contributed by atoms with van der Waals surface area (Å²) in [6.45, 7) is 4.99. The number of alkyl halides is 1. The van der Waals surface area contributed by atoms with Gasteiger partial charge in [-0.2, -0.15) is 0 Å². The van der Waals surface area contributed by atoms with Gasteiger partial charge >= 0.3 is 0 Å². The molecule has 0 bridgehead atoms. The summed E-state index contributed by atoms with van der Waals surface area (Å²) in [5.74, 6) is 0.601. The van der Waals surface area contributed by atoms with Crippen molar-refractivity contribution in [3.8, 4) is 0 Å². The second-order valence-electron chi connectivity index (χ2n) is 2.19. The Hall–Kier alpha value is 0.250. The van der Waals surface area contributed by atoms with Gasteiger partial charge < -0.3 is 4.74 Å². The van der Waals surface area contributed by atoms with Crippen LogP contribution in [0.5, 0.6) is 0 Å². The zero-order valence-corrected chi connectivity index (χ0v) is 6.95. The third kappa shape index (κ3) is 6.13. The van der Waals surface area contributed by atoms with Crippen LogP contribution in [0.2, 0.25) is 0 Å². The quantitative estimate of drug-likeness (QED) is 0.432. The SMILES string of the molecule is CCCCOC(C)CCl. The monoisotopic (exact) mass is 150 g/mol. The van der Waals surface area contributed by atoms with Crippen LogP contribution in [-0.4, -0.2) is 18.6 Å². The summed E-state index contributed by atoms with van der Waals surface area (Å²) in [6.07, 6.45) is 2.55. The van der Waals surface area contributed by atoms with Crippen molar-refractivity contribution in [2.75, 3.05) is 12.5 Å². The van der Waals surface area contributed by atoms with Crippen LogP contribution in [0, 0.1) is 0 Å². The molecule has 0 aliphatic carbocycles. The van der Waals surface area contributed by atoms with Gasteiger partial charge in [-0.25, -0.2) is 0 Å². The van der Waals surface area contributed by atoms with Crippen molar-refractivity contribution in [3.05, 3.63) is 0 Å². The van der Waals surface area contributed by atoms with Gasteiger partial charge in [0.1, 0.15) is 0 Å². The molecule has 0 N–H and O–H groups in total. The van der Waals surface area contributed by atoms with Gasteiger partial charge in [0.25, 0.3) is 0 Å². The average molecular weight is 151 g/mol. The Balaban J connectivity index is 2.88. The van der Waals surface area contributed by atoms with Crippen LogP contribution >= 0.6 is 11.6 Å². The molecule has 9 heavy (non-hydrogen) atoms. The van der Waals surface area contributed by atoms with Crippen molar-refractivity contribution in [3.63, 3.8) is 0 Å². The van der Waals surface area contributed by atoms with Crippen LogP contribution in [0.25, 0.3) is 0 Å². The molecule has 56 valence electrons. The zero-order chi connectivity index (χ0) is 7.11. The van der Waals surface area contributed by atoms with Gasteiger partial charge in [-0.1, -0.05) is 13.3 Å². The van der Waals surface area contributed by atoms with Gasteiger partial charge in [0, 0.05) is 12.5 Å². The Kier molecular flexibility index (Phi) is 6.55. The largest absolute Gasteiger partial charge is 0.377 e. The van der Waals surface area contributed by atoms with Gasteiger partial charge in [0.15, 0.2) is 0 Å².